The van der Waals surface area contributed by atoms with E-state index in [1.165, 1.54) is 56.6 Å². The predicted octanol–water partition coefficient (Wildman–Crippen LogP) is 0.583. The van der Waals surface area contributed by atoms with E-state index < -0.39 is 0 Å². The van der Waals surface area contributed by atoms with Gasteiger partial charge < -0.3 is 24.8 Å². The van der Waals surface area contributed by atoms with Crippen LogP contribution in [0.1, 0.15) is 58.4 Å². The Morgan fingerprint density at radius 3 is 1.00 bits per heavy atom. The zero-order valence-electron chi connectivity index (χ0n) is 18.4. The second-order valence-electron chi connectivity index (χ2n) is 6.63. The van der Waals surface area contributed by atoms with E-state index in [0.717, 1.165) is 9.52 Å². The van der Waals surface area contributed by atoms with E-state index in [-0.39, 0.29) is 51.0 Å². The molecule has 2 rings (SSSR count). The van der Waals surface area contributed by atoms with Gasteiger partial charge in [-0.05, 0) is 0 Å². The van der Waals surface area contributed by atoms with Gasteiger partial charge in [-0.3, -0.25) is 0 Å². The van der Waals surface area contributed by atoms with E-state index >= 15 is 0 Å². The van der Waals surface area contributed by atoms with Gasteiger partial charge in [0.2, 0.25) is 0 Å². The van der Waals surface area contributed by atoms with Crippen LogP contribution in [0.4, 0.5) is 0 Å². The van der Waals surface area contributed by atoms with E-state index in [1.807, 2.05) is 0 Å². The molecule has 0 unspecified atom stereocenters. The molecule has 0 heterocycles. The molecule has 26 heavy (non-hydrogen) atoms. The van der Waals surface area contributed by atoms with Crippen molar-refractivity contribution >= 4 is 9.52 Å². The molecule has 0 atom stereocenters. The largest absolute Gasteiger partial charge is 4.00 e. The Morgan fingerprint density at radius 1 is 0.692 bits per heavy atom. The molecule has 0 nitrogen and oxygen atoms in total. The summed E-state index contributed by atoms with van der Waals surface area (Å²) < 4.78 is 0. The number of hydrogen-bond acceptors (Lipinski definition) is 0. The number of rotatable bonds is 2. The molecule has 1 radical (unpaired) electrons. The normalized spacial score (nSPS) is 8.69. The van der Waals surface area contributed by atoms with Gasteiger partial charge in [0.25, 0.3) is 0 Å². The van der Waals surface area contributed by atoms with Gasteiger partial charge in [-0.25, -0.2) is 0 Å². The van der Waals surface area contributed by atoms with E-state index in [2.05, 4.69) is 81.4 Å². The van der Waals surface area contributed by atoms with Gasteiger partial charge in [-0.1, -0.05) is 81.3 Å². The fourth-order valence-corrected chi connectivity index (χ4v) is 3.13. The van der Waals surface area contributed by atoms with Crippen molar-refractivity contribution in [3.8, 4) is 0 Å². The molecule has 0 aliphatic heterocycles. The van der Waals surface area contributed by atoms with Gasteiger partial charge in [-0.2, -0.15) is 56.6 Å². The second-order valence-corrected chi connectivity index (χ2v) is 8.84. The van der Waals surface area contributed by atoms with Gasteiger partial charge in [-0.15, -0.1) is 0 Å². The maximum atomic E-state index is 2.25. The Bertz CT molecular complexity index is 501. The third kappa shape index (κ3) is 11.3. The van der Waals surface area contributed by atoms with Crippen molar-refractivity contribution in [2.24, 2.45) is 0 Å². The van der Waals surface area contributed by atoms with Gasteiger partial charge >= 0.3 is 26.2 Å². The van der Waals surface area contributed by atoms with Crippen LogP contribution in [-0.2, 0) is 26.2 Å². The smallest absolute Gasteiger partial charge is 1.00 e. The molecule has 0 saturated carbocycles. The minimum absolute atomic E-state index is 0. The first-order valence-electron chi connectivity index (χ1n) is 8.89. The van der Waals surface area contributed by atoms with Crippen molar-refractivity contribution in [3.63, 3.8) is 0 Å². The van der Waals surface area contributed by atoms with Crippen LogP contribution in [0, 0.1) is 55.4 Å². The first-order chi connectivity index (χ1) is 10.7. The molecule has 4 heteroatoms. The molecule has 2 aromatic rings. The maximum absolute atomic E-state index is 2.25. The van der Waals surface area contributed by atoms with Gasteiger partial charge in [0.1, 0.15) is 0 Å². The number of hydrogen-bond donors (Lipinski definition) is 0. The Hall–Kier alpha value is 0.380. The van der Waals surface area contributed by atoms with Crippen LogP contribution in [0.5, 0.6) is 0 Å². The molecular formula is C22H37Cl2SiZr. The van der Waals surface area contributed by atoms with Crippen molar-refractivity contribution in [1.29, 1.82) is 0 Å². The summed E-state index contributed by atoms with van der Waals surface area (Å²) in [6.45, 7) is 21.9. The zero-order chi connectivity index (χ0) is 18.2. The number of halogens is 2. The summed E-state index contributed by atoms with van der Waals surface area (Å²) in [7, 11) is 0.815. The Labute approximate surface area is 197 Å². The molecule has 0 fully saturated rings. The van der Waals surface area contributed by atoms with E-state index in [1.54, 1.807) is 0 Å². The van der Waals surface area contributed by atoms with E-state index in [9.17, 15) is 0 Å². The Balaban J connectivity index is -0.000000137. The monoisotopic (exact) mass is 489 g/mol. The third-order valence-corrected chi connectivity index (χ3v) is 6.09. The maximum Gasteiger partial charge on any atom is 4.00 e. The zero-order valence-corrected chi connectivity index (χ0v) is 23.5. The topological polar surface area (TPSA) is 0 Å². The second kappa shape index (κ2) is 17.5. The molecule has 0 aliphatic rings. The average Bonchev–Trinajstić information content (AvgIpc) is 2.86. The molecule has 0 aliphatic carbocycles. The van der Waals surface area contributed by atoms with Crippen molar-refractivity contribution in [2.45, 2.75) is 81.3 Å². The summed E-state index contributed by atoms with van der Waals surface area (Å²) in [6.07, 6.45) is 0. The van der Waals surface area contributed by atoms with Crippen molar-refractivity contribution in [2.75, 3.05) is 0 Å². The van der Waals surface area contributed by atoms with Gasteiger partial charge in [0.15, 0.2) is 0 Å². The third-order valence-electron chi connectivity index (χ3n) is 4.93. The Morgan fingerprint density at radius 2 is 0.962 bits per heavy atom. The van der Waals surface area contributed by atoms with Gasteiger partial charge in [0, 0.05) is 9.52 Å². The van der Waals surface area contributed by atoms with Gasteiger partial charge in [0.05, 0.1) is 0 Å². The Kier molecular flexibility index (Phi) is 22.8. The summed E-state index contributed by atoms with van der Waals surface area (Å²) in [5.74, 6) is 0. The summed E-state index contributed by atoms with van der Waals surface area (Å²) in [5.41, 5.74) is 11.5. The van der Waals surface area contributed by atoms with Crippen molar-refractivity contribution in [1.82, 2.24) is 0 Å². The molecule has 0 amide bonds. The molecule has 0 aromatic heterocycles. The molecule has 0 spiro atoms. The molecule has 0 bridgehead atoms. The fraction of sp³-hybridized carbons (Fsp3) is 0.545. The molecule has 2 aromatic carbocycles. The van der Waals surface area contributed by atoms with Crippen molar-refractivity contribution in [3.05, 3.63) is 56.6 Å². The minimum atomic E-state index is 0. The van der Waals surface area contributed by atoms with E-state index in [4.69, 9.17) is 0 Å². The van der Waals surface area contributed by atoms with Crippen LogP contribution in [-0.4, -0.2) is 9.52 Å². The van der Waals surface area contributed by atoms with Crippen LogP contribution >= 0.6 is 0 Å². The molecule has 0 N–H and O–H groups in total. The number of aryl methyl sites for hydroxylation is 4. The van der Waals surface area contributed by atoms with Crippen LogP contribution in [0.2, 0.25) is 12.1 Å². The fourth-order valence-electron chi connectivity index (χ4n) is 2.55. The average molecular weight is 492 g/mol. The van der Waals surface area contributed by atoms with E-state index in [0.29, 0.717) is 0 Å². The quantitative estimate of drug-likeness (QED) is 0.426. The van der Waals surface area contributed by atoms with Crippen LogP contribution < -0.4 is 24.8 Å². The minimum Gasteiger partial charge on any atom is -1.00 e. The summed E-state index contributed by atoms with van der Waals surface area (Å²) in [5, 5.41) is 0. The van der Waals surface area contributed by atoms with Crippen LogP contribution in [0.15, 0.2) is 12.1 Å². The molecule has 147 valence electrons. The molecule has 0 saturated heterocycles. The summed E-state index contributed by atoms with van der Waals surface area (Å²) in [4.78, 5) is 0. The van der Waals surface area contributed by atoms with Crippen molar-refractivity contribution < 1.29 is 51.0 Å². The summed E-state index contributed by atoms with van der Waals surface area (Å²) in [6, 6.07) is 7.34. The predicted molar refractivity (Wildman–Crippen MR) is 110 cm³/mol. The van der Waals surface area contributed by atoms with Crippen LogP contribution in [0.25, 0.3) is 0 Å². The van der Waals surface area contributed by atoms with Crippen LogP contribution in [0.3, 0.4) is 0 Å². The first kappa shape index (κ1) is 33.9. The summed E-state index contributed by atoms with van der Waals surface area (Å²) >= 11 is 0. The first-order valence-corrected chi connectivity index (χ1v) is 10.5. The standard InChI is InChI=1S/2C9H13.C4H11Si.2ClH.Zr/c2*1-6-5-7(2)9(4)8(6)3;1-3-5-4-2;;;/h2*5H,1-4H3;5H,3-4H2,1-2H3;2*1H;/q2*-1;;;;+4/p-2. The molecular weight excluding hydrogens is 454 g/mol. The SMILES string of the molecule is CC[SiH]CC.Cc1c[c-](C)c(C)c1C.Cc1c[c-](C)c(C)c1C.[Cl-].[Cl-].[Zr+4].